The monoisotopic (exact) mass is 401 g/mol. The lowest BCUT2D eigenvalue weighted by Crippen LogP contribution is -2.20. The molecule has 0 aliphatic heterocycles. The van der Waals surface area contributed by atoms with Gasteiger partial charge in [0.25, 0.3) is 5.56 Å². The summed E-state index contributed by atoms with van der Waals surface area (Å²) in [4.78, 5) is 19.3. The second-order valence-corrected chi connectivity index (χ2v) is 6.64. The molecule has 4 aromatic rings. The van der Waals surface area contributed by atoms with E-state index in [0.29, 0.717) is 21.5 Å². The second-order valence-electron chi connectivity index (χ2n) is 5.33. The number of benzene rings is 2. The maximum absolute atomic E-state index is 13.0. The van der Waals surface area contributed by atoms with Gasteiger partial charge in [0.15, 0.2) is 4.77 Å². The fourth-order valence-electron chi connectivity index (χ4n) is 2.78. The van der Waals surface area contributed by atoms with Crippen molar-refractivity contribution >= 4 is 50.1 Å². The molecule has 0 bridgehead atoms. The lowest BCUT2D eigenvalue weighted by atomic mass is 10.2. The van der Waals surface area contributed by atoms with Gasteiger partial charge >= 0.3 is 0 Å². The Morgan fingerprint density at radius 3 is 2.54 bits per heavy atom. The van der Waals surface area contributed by atoms with Gasteiger partial charge in [-0.25, -0.2) is 0 Å². The molecule has 0 spiro atoms. The zero-order chi connectivity index (χ0) is 16.8. The molecular formula is C17H12BrN3O2S. The third kappa shape index (κ3) is 2.28. The molecule has 5 nitrogen and oxygen atoms in total. The van der Waals surface area contributed by atoms with E-state index in [1.165, 1.54) is 4.57 Å². The third-order valence-electron chi connectivity index (χ3n) is 3.94. The van der Waals surface area contributed by atoms with E-state index in [9.17, 15) is 4.79 Å². The van der Waals surface area contributed by atoms with Crippen LogP contribution in [0.2, 0.25) is 0 Å². The van der Waals surface area contributed by atoms with Gasteiger partial charge in [0.1, 0.15) is 11.3 Å². The Balaban J connectivity index is 2.08. The van der Waals surface area contributed by atoms with Gasteiger partial charge < -0.3 is 14.7 Å². The predicted molar refractivity (Wildman–Crippen MR) is 101 cm³/mol. The van der Waals surface area contributed by atoms with Crippen molar-refractivity contribution in [2.45, 2.75) is 0 Å². The molecule has 0 amide bonds. The van der Waals surface area contributed by atoms with E-state index in [4.69, 9.17) is 17.0 Å². The van der Waals surface area contributed by atoms with Crippen LogP contribution >= 0.6 is 28.1 Å². The largest absolute Gasteiger partial charge is 0.497 e. The molecule has 2 aromatic heterocycles. The molecule has 0 atom stereocenters. The first-order valence-corrected chi connectivity index (χ1v) is 8.39. The number of hydrogen-bond acceptors (Lipinski definition) is 3. The van der Waals surface area contributed by atoms with E-state index in [1.807, 2.05) is 42.5 Å². The molecule has 0 fully saturated rings. The number of aromatic nitrogens is 3. The summed E-state index contributed by atoms with van der Waals surface area (Å²) in [7, 11) is 1.61. The molecule has 0 aliphatic rings. The van der Waals surface area contributed by atoms with E-state index in [0.717, 1.165) is 21.1 Å². The molecule has 0 aliphatic carbocycles. The number of nitrogens with one attached hydrogen (secondary N) is 2. The van der Waals surface area contributed by atoms with Gasteiger partial charge in [0, 0.05) is 15.4 Å². The molecule has 2 heterocycles. The first-order chi connectivity index (χ1) is 11.6. The van der Waals surface area contributed by atoms with Crippen molar-refractivity contribution in [3.8, 4) is 11.4 Å². The van der Waals surface area contributed by atoms with Crippen LogP contribution < -0.4 is 10.3 Å². The summed E-state index contributed by atoms with van der Waals surface area (Å²) in [5.74, 6) is 0.722. The average Bonchev–Trinajstić information content (AvgIpc) is 2.94. The van der Waals surface area contributed by atoms with Crippen molar-refractivity contribution in [3.63, 3.8) is 0 Å². The molecule has 0 unspecified atom stereocenters. The topological polar surface area (TPSA) is 62.8 Å². The van der Waals surface area contributed by atoms with Crippen LogP contribution in [-0.2, 0) is 0 Å². The highest BCUT2D eigenvalue weighted by molar-refractivity contribution is 9.10. The van der Waals surface area contributed by atoms with Crippen molar-refractivity contribution in [2.75, 3.05) is 7.11 Å². The number of nitrogens with zero attached hydrogens (tertiary/aromatic N) is 1. The Morgan fingerprint density at radius 1 is 1.08 bits per heavy atom. The van der Waals surface area contributed by atoms with Crippen molar-refractivity contribution in [2.24, 2.45) is 0 Å². The van der Waals surface area contributed by atoms with Crippen molar-refractivity contribution in [3.05, 3.63) is 62.1 Å². The molecular weight excluding hydrogens is 390 g/mol. The number of ether oxygens (including phenoxy) is 1. The van der Waals surface area contributed by atoms with E-state index in [2.05, 4.69) is 25.9 Å². The second kappa shape index (κ2) is 5.61. The smallest absolute Gasteiger partial charge is 0.283 e. The summed E-state index contributed by atoms with van der Waals surface area (Å²) in [6.07, 6.45) is 0. The summed E-state index contributed by atoms with van der Waals surface area (Å²) >= 11 is 8.81. The average molecular weight is 402 g/mol. The van der Waals surface area contributed by atoms with Gasteiger partial charge in [0.2, 0.25) is 0 Å². The van der Waals surface area contributed by atoms with Crippen LogP contribution in [0.5, 0.6) is 5.75 Å². The summed E-state index contributed by atoms with van der Waals surface area (Å²) in [6, 6.07) is 13.0. The van der Waals surface area contributed by atoms with Crippen LogP contribution in [0.1, 0.15) is 0 Å². The molecule has 24 heavy (non-hydrogen) atoms. The predicted octanol–water partition coefficient (Wildman–Crippen LogP) is 4.30. The van der Waals surface area contributed by atoms with Crippen LogP contribution in [-0.4, -0.2) is 21.6 Å². The summed E-state index contributed by atoms with van der Waals surface area (Å²) in [5.41, 5.74) is 2.54. The van der Waals surface area contributed by atoms with Crippen LogP contribution in [0.15, 0.2) is 51.7 Å². The normalized spacial score (nSPS) is 11.2. The summed E-state index contributed by atoms with van der Waals surface area (Å²) in [5, 5.41) is 0.871. The lowest BCUT2D eigenvalue weighted by Gasteiger charge is -2.06. The highest BCUT2D eigenvalue weighted by atomic mass is 79.9. The quantitative estimate of drug-likeness (QED) is 0.492. The molecule has 2 aromatic carbocycles. The van der Waals surface area contributed by atoms with Gasteiger partial charge in [-0.1, -0.05) is 15.9 Å². The van der Waals surface area contributed by atoms with Crippen molar-refractivity contribution in [1.82, 2.24) is 14.5 Å². The number of fused-ring (bicyclic) bond motifs is 3. The van der Waals surface area contributed by atoms with Crippen LogP contribution in [0.25, 0.3) is 27.6 Å². The van der Waals surface area contributed by atoms with Crippen molar-refractivity contribution in [1.29, 1.82) is 0 Å². The Labute approximate surface area is 150 Å². The Kier molecular flexibility index (Phi) is 3.54. The van der Waals surface area contributed by atoms with Gasteiger partial charge in [-0.2, -0.15) is 0 Å². The highest BCUT2D eigenvalue weighted by Gasteiger charge is 2.13. The van der Waals surface area contributed by atoms with Crippen molar-refractivity contribution < 1.29 is 4.74 Å². The van der Waals surface area contributed by atoms with E-state index >= 15 is 0 Å². The molecule has 0 saturated heterocycles. The minimum atomic E-state index is -0.189. The van der Waals surface area contributed by atoms with E-state index < -0.39 is 0 Å². The first-order valence-electron chi connectivity index (χ1n) is 7.19. The third-order valence-corrected chi connectivity index (χ3v) is 4.76. The van der Waals surface area contributed by atoms with E-state index in [-0.39, 0.29) is 5.56 Å². The van der Waals surface area contributed by atoms with Gasteiger partial charge in [-0.05, 0) is 54.7 Å². The molecule has 120 valence electrons. The number of hydrogen-bond donors (Lipinski definition) is 2. The first kappa shape index (κ1) is 15.2. The maximum atomic E-state index is 13.0. The zero-order valence-electron chi connectivity index (χ0n) is 12.6. The minimum absolute atomic E-state index is 0.189. The van der Waals surface area contributed by atoms with Gasteiger partial charge in [0.05, 0.1) is 18.3 Å². The summed E-state index contributed by atoms with van der Waals surface area (Å²) < 4.78 is 8.03. The Morgan fingerprint density at radius 2 is 1.83 bits per heavy atom. The number of H-pyrrole nitrogens is 2. The molecule has 0 radical (unpaired) electrons. The minimum Gasteiger partial charge on any atom is -0.497 e. The van der Waals surface area contributed by atoms with Gasteiger partial charge in [-0.3, -0.25) is 9.36 Å². The van der Waals surface area contributed by atoms with Crippen LogP contribution in [0.4, 0.5) is 0 Å². The zero-order valence-corrected chi connectivity index (χ0v) is 15.0. The van der Waals surface area contributed by atoms with E-state index in [1.54, 1.807) is 7.11 Å². The lowest BCUT2D eigenvalue weighted by molar-refractivity contribution is 0.415. The Hall–Kier alpha value is -2.38. The maximum Gasteiger partial charge on any atom is 0.283 e. The fraction of sp³-hybridized carbons (Fsp3) is 0.0588. The molecule has 2 N–H and O–H groups in total. The number of halogens is 1. The molecule has 7 heteroatoms. The summed E-state index contributed by atoms with van der Waals surface area (Å²) in [6.45, 7) is 0. The molecule has 4 rings (SSSR count). The Bertz CT molecular complexity index is 1190. The van der Waals surface area contributed by atoms with Gasteiger partial charge in [-0.15, -0.1) is 0 Å². The SMILES string of the molecule is COc1ccc2[nH]c3c(=O)n(-c4ccc(Br)cc4)c(=S)[nH]c3c2c1. The fourth-order valence-corrected chi connectivity index (χ4v) is 3.33. The number of methoxy groups -OCH3 is 1. The van der Waals surface area contributed by atoms with Crippen LogP contribution in [0.3, 0.4) is 0 Å². The molecule has 0 saturated carbocycles. The van der Waals surface area contributed by atoms with Crippen LogP contribution in [0, 0.1) is 4.77 Å². The highest BCUT2D eigenvalue weighted by Crippen LogP contribution is 2.26. The standard InChI is InChI=1S/C17H12BrN3O2S/c1-23-11-6-7-13-12(8-11)14-15(19-13)16(22)21(17(24)20-14)10-4-2-9(18)3-5-10/h2-8,19H,1H3,(H,20,24). The number of aromatic amines is 2. The number of rotatable bonds is 2.